The summed E-state index contributed by atoms with van der Waals surface area (Å²) >= 11 is 0. The van der Waals surface area contributed by atoms with E-state index in [4.69, 9.17) is 4.74 Å². The lowest BCUT2D eigenvalue weighted by molar-refractivity contribution is -0.145. The van der Waals surface area contributed by atoms with E-state index in [1.165, 1.54) is 12.1 Å². The number of hydrogen-bond acceptors (Lipinski definition) is 3. The molecule has 0 aliphatic heterocycles. The Bertz CT molecular complexity index is 500. The van der Waals surface area contributed by atoms with E-state index in [1.54, 1.807) is 12.1 Å². The minimum Gasteiger partial charge on any atom is -0.490 e. The minimum atomic E-state index is -0.855. The van der Waals surface area contributed by atoms with Crippen molar-refractivity contribution in [1.82, 2.24) is 5.32 Å². The number of rotatable bonds is 5. The molecular weight excluding hydrogens is 261 g/mol. The Morgan fingerprint density at radius 1 is 1.30 bits per heavy atom. The zero-order chi connectivity index (χ0) is 14.2. The summed E-state index contributed by atoms with van der Waals surface area (Å²) in [5, 5.41) is 12.7. The van der Waals surface area contributed by atoms with Crippen molar-refractivity contribution in [2.45, 2.75) is 49.8 Å². The van der Waals surface area contributed by atoms with Crippen molar-refractivity contribution >= 4 is 5.97 Å². The maximum atomic E-state index is 12.8. The van der Waals surface area contributed by atoms with E-state index in [1.807, 2.05) is 0 Å². The van der Waals surface area contributed by atoms with Crippen LogP contribution in [-0.2, 0) is 4.79 Å². The number of benzene rings is 1. The molecule has 0 saturated heterocycles. The fourth-order valence-electron chi connectivity index (χ4n) is 2.81. The lowest BCUT2D eigenvalue weighted by atomic mass is 9.97. The number of ether oxygens (including phenoxy) is 1. The van der Waals surface area contributed by atoms with Crippen LogP contribution in [0.3, 0.4) is 0 Å². The summed E-state index contributed by atoms with van der Waals surface area (Å²) in [6.07, 6.45) is 3.70. The molecule has 0 amide bonds. The molecule has 5 heteroatoms. The fraction of sp³-hybridized carbons (Fsp3) is 0.533. The van der Waals surface area contributed by atoms with Crippen LogP contribution in [-0.4, -0.2) is 28.8 Å². The minimum absolute atomic E-state index is 0.136. The van der Waals surface area contributed by atoms with Crippen LogP contribution in [0.1, 0.15) is 32.1 Å². The van der Waals surface area contributed by atoms with Gasteiger partial charge in [0.15, 0.2) is 0 Å². The topological polar surface area (TPSA) is 58.6 Å². The van der Waals surface area contributed by atoms with Gasteiger partial charge >= 0.3 is 5.97 Å². The first-order valence-corrected chi connectivity index (χ1v) is 7.01. The second kappa shape index (κ2) is 5.05. The van der Waals surface area contributed by atoms with Gasteiger partial charge in [-0.2, -0.15) is 0 Å². The van der Waals surface area contributed by atoms with Gasteiger partial charge in [0.05, 0.1) is 0 Å². The number of carbonyl (C=O) groups is 1. The zero-order valence-corrected chi connectivity index (χ0v) is 11.1. The quantitative estimate of drug-likeness (QED) is 0.868. The Kier molecular flexibility index (Phi) is 3.38. The van der Waals surface area contributed by atoms with Crippen LogP contribution < -0.4 is 10.1 Å². The van der Waals surface area contributed by atoms with Crippen LogP contribution in [0.2, 0.25) is 0 Å². The molecule has 1 aromatic rings. The van der Waals surface area contributed by atoms with Gasteiger partial charge in [-0.1, -0.05) is 0 Å². The van der Waals surface area contributed by atoms with Gasteiger partial charge in [0, 0.05) is 12.5 Å². The molecule has 108 valence electrons. The van der Waals surface area contributed by atoms with Gasteiger partial charge < -0.3 is 9.84 Å². The molecule has 1 aromatic carbocycles. The van der Waals surface area contributed by atoms with E-state index < -0.39 is 11.5 Å². The summed E-state index contributed by atoms with van der Waals surface area (Å²) in [5.74, 6) is -0.516. The third-order valence-electron chi connectivity index (χ3n) is 4.05. The number of aliphatic carboxylic acids is 1. The summed E-state index contributed by atoms with van der Waals surface area (Å²) < 4.78 is 18.6. The van der Waals surface area contributed by atoms with Crippen LogP contribution in [0, 0.1) is 5.82 Å². The Morgan fingerprint density at radius 2 is 2.00 bits per heavy atom. The van der Waals surface area contributed by atoms with Crippen LogP contribution in [0.15, 0.2) is 24.3 Å². The normalized spacial score (nSPS) is 29.4. The van der Waals surface area contributed by atoms with Crippen molar-refractivity contribution in [3.63, 3.8) is 0 Å². The van der Waals surface area contributed by atoms with Gasteiger partial charge in [-0.05, 0) is 49.9 Å². The zero-order valence-electron chi connectivity index (χ0n) is 11.1. The third kappa shape index (κ3) is 2.77. The molecule has 4 nitrogen and oxygen atoms in total. The van der Waals surface area contributed by atoms with E-state index in [-0.39, 0.29) is 11.9 Å². The van der Waals surface area contributed by atoms with Gasteiger partial charge in [0.25, 0.3) is 0 Å². The highest BCUT2D eigenvalue weighted by atomic mass is 19.1. The van der Waals surface area contributed by atoms with Crippen LogP contribution in [0.5, 0.6) is 5.75 Å². The van der Waals surface area contributed by atoms with Gasteiger partial charge in [-0.15, -0.1) is 0 Å². The number of carboxylic acid groups (broad SMARTS) is 1. The van der Waals surface area contributed by atoms with Crippen molar-refractivity contribution < 1.29 is 19.0 Å². The van der Waals surface area contributed by atoms with Gasteiger partial charge in [0.1, 0.15) is 23.2 Å². The average molecular weight is 279 g/mol. The molecule has 0 bridgehead atoms. The predicted molar refractivity (Wildman–Crippen MR) is 71.2 cm³/mol. The first-order chi connectivity index (χ1) is 9.57. The molecule has 2 fully saturated rings. The molecule has 2 aliphatic carbocycles. The van der Waals surface area contributed by atoms with E-state index in [0.29, 0.717) is 31.1 Å². The maximum Gasteiger partial charge on any atom is 0.324 e. The maximum absolute atomic E-state index is 12.8. The van der Waals surface area contributed by atoms with Crippen molar-refractivity contribution in [3.05, 3.63) is 30.1 Å². The lowest BCUT2D eigenvalue weighted by Crippen LogP contribution is -2.51. The Hall–Kier alpha value is -1.62. The second-order valence-corrected chi connectivity index (χ2v) is 5.74. The summed E-state index contributed by atoms with van der Waals surface area (Å²) in [6.45, 7) is 0. The highest BCUT2D eigenvalue weighted by Crippen LogP contribution is 2.36. The van der Waals surface area contributed by atoms with Gasteiger partial charge in [0.2, 0.25) is 0 Å². The van der Waals surface area contributed by atoms with Crippen LogP contribution in [0.4, 0.5) is 4.39 Å². The average Bonchev–Trinajstić information content (AvgIpc) is 3.12. The van der Waals surface area contributed by atoms with E-state index in [9.17, 15) is 14.3 Å². The molecule has 2 unspecified atom stereocenters. The number of hydrogen-bond donors (Lipinski definition) is 2. The van der Waals surface area contributed by atoms with E-state index >= 15 is 0 Å². The van der Waals surface area contributed by atoms with Crippen molar-refractivity contribution in [2.24, 2.45) is 0 Å². The molecule has 3 rings (SSSR count). The molecule has 0 spiro atoms. The van der Waals surface area contributed by atoms with Crippen LogP contribution in [0.25, 0.3) is 0 Å². The van der Waals surface area contributed by atoms with E-state index in [0.717, 1.165) is 12.8 Å². The number of halogens is 1. The predicted octanol–water partition coefficient (Wildman–Crippen LogP) is 2.33. The molecule has 20 heavy (non-hydrogen) atoms. The third-order valence-corrected chi connectivity index (χ3v) is 4.05. The molecule has 0 aromatic heterocycles. The first kappa shape index (κ1) is 13.4. The van der Waals surface area contributed by atoms with Crippen LogP contribution >= 0.6 is 0 Å². The second-order valence-electron chi connectivity index (χ2n) is 5.74. The standard InChI is InChI=1S/C15H18FNO3/c16-10-1-5-12(6-2-10)20-13-7-8-15(9-13,14(18)19)17-11-3-4-11/h1-2,5-6,11,13,17H,3-4,7-9H2,(H,18,19). The Morgan fingerprint density at radius 3 is 2.60 bits per heavy atom. The van der Waals surface area contributed by atoms with Crippen molar-refractivity contribution in [1.29, 1.82) is 0 Å². The first-order valence-electron chi connectivity index (χ1n) is 7.01. The fourth-order valence-corrected chi connectivity index (χ4v) is 2.81. The molecule has 2 N–H and O–H groups in total. The molecule has 0 heterocycles. The van der Waals surface area contributed by atoms with Crippen molar-refractivity contribution in [2.75, 3.05) is 0 Å². The summed E-state index contributed by atoms with van der Waals surface area (Å²) in [6, 6.07) is 6.18. The monoisotopic (exact) mass is 279 g/mol. The van der Waals surface area contributed by atoms with Gasteiger partial charge in [-0.25, -0.2) is 4.39 Å². The molecular formula is C15H18FNO3. The SMILES string of the molecule is O=C(O)C1(NC2CC2)CCC(Oc2ccc(F)cc2)C1. The van der Waals surface area contributed by atoms with E-state index in [2.05, 4.69) is 5.32 Å². The number of carboxylic acids is 1. The summed E-state index contributed by atoms with van der Waals surface area (Å²) in [4.78, 5) is 11.6. The largest absolute Gasteiger partial charge is 0.490 e. The number of nitrogens with one attached hydrogen (secondary N) is 1. The Labute approximate surface area is 116 Å². The Balaban J connectivity index is 1.65. The summed E-state index contributed by atoms with van der Waals surface area (Å²) in [7, 11) is 0. The molecule has 2 aliphatic rings. The van der Waals surface area contributed by atoms with Crippen molar-refractivity contribution in [3.8, 4) is 5.75 Å². The smallest absolute Gasteiger partial charge is 0.324 e. The molecule has 0 radical (unpaired) electrons. The molecule has 2 saturated carbocycles. The highest BCUT2D eigenvalue weighted by Gasteiger charge is 2.48. The summed E-state index contributed by atoms with van der Waals surface area (Å²) in [5.41, 5.74) is -0.855. The lowest BCUT2D eigenvalue weighted by Gasteiger charge is -2.26. The molecule has 2 atom stereocenters. The highest BCUT2D eigenvalue weighted by molar-refractivity contribution is 5.79. The van der Waals surface area contributed by atoms with Gasteiger partial charge in [-0.3, -0.25) is 10.1 Å².